The molecule has 5 nitrogen and oxygen atoms in total. The van der Waals surface area contributed by atoms with Crippen molar-refractivity contribution < 1.29 is 19.1 Å². The molecule has 1 fully saturated rings. The van der Waals surface area contributed by atoms with E-state index in [1.54, 1.807) is 31.2 Å². The predicted molar refractivity (Wildman–Crippen MR) is 114 cm³/mol. The zero-order valence-corrected chi connectivity index (χ0v) is 17.0. The van der Waals surface area contributed by atoms with Crippen molar-refractivity contribution >= 4 is 17.4 Å². The van der Waals surface area contributed by atoms with Crippen molar-refractivity contribution in [3.05, 3.63) is 101 Å². The molecule has 0 saturated carbocycles. The van der Waals surface area contributed by atoms with E-state index in [1.807, 2.05) is 49.4 Å². The Morgan fingerprint density at radius 3 is 2.30 bits per heavy atom. The van der Waals surface area contributed by atoms with Crippen LogP contribution in [0.3, 0.4) is 0 Å². The van der Waals surface area contributed by atoms with Crippen LogP contribution in [0.1, 0.15) is 34.3 Å². The number of likely N-dealkylation sites (tertiary alicyclic amines) is 1. The molecule has 0 spiro atoms. The molecule has 3 aromatic rings. The van der Waals surface area contributed by atoms with Crippen LogP contribution < -0.4 is 0 Å². The number of benzene rings is 2. The molecule has 1 unspecified atom stereocenters. The second-order valence-electron chi connectivity index (χ2n) is 7.54. The van der Waals surface area contributed by atoms with Crippen molar-refractivity contribution in [3.8, 4) is 0 Å². The van der Waals surface area contributed by atoms with Crippen LogP contribution in [0.15, 0.2) is 76.7 Å². The monoisotopic (exact) mass is 401 g/mol. The van der Waals surface area contributed by atoms with Crippen molar-refractivity contribution in [2.45, 2.75) is 26.3 Å². The first-order valence-electron chi connectivity index (χ1n) is 9.91. The molecule has 1 N–H and O–H groups in total. The Morgan fingerprint density at radius 2 is 1.67 bits per heavy atom. The molecule has 4 rings (SSSR count). The van der Waals surface area contributed by atoms with E-state index in [0.717, 1.165) is 11.1 Å². The van der Waals surface area contributed by atoms with E-state index in [-0.39, 0.29) is 11.3 Å². The van der Waals surface area contributed by atoms with Crippen LogP contribution in [0.5, 0.6) is 0 Å². The summed E-state index contributed by atoms with van der Waals surface area (Å²) in [4.78, 5) is 27.3. The highest BCUT2D eigenvalue weighted by atomic mass is 16.3. The van der Waals surface area contributed by atoms with Crippen LogP contribution in [0.25, 0.3) is 5.76 Å². The van der Waals surface area contributed by atoms with Crippen LogP contribution in [0, 0.1) is 13.8 Å². The Hall–Kier alpha value is -3.60. The minimum Gasteiger partial charge on any atom is -0.507 e. The number of carbonyl (C=O) groups excluding carboxylic acids is 2. The fraction of sp³-hybridized carbons (Fsp3) is 0.200. The average Bonchev–Trinajstić information content (AvgIpc) is 3.28. The first-order valence-corrected chi connectivity index (χ1v) is 9.91. The topological polar surface area (TPSA) is 70.8 Å². The largest absolute Gasteiger partial charge is 0.507 e. The van der Waals surface area contributed by atoms with E-state index < -0.39 is 17.7 Å². The van der Waals surface area contributed by atoms with Gasteiger partial charge in [0.1, 0.15) is 23.3 Å². The van der Waals surface area contributed by atoms with E-state index in [1.165, 1.54) is 4.90 Å². The average molecular weight is 401 g/mol. The summed E-state index contributed by atoms with van der Waals surface area (Å²) in [7, 11) is 0. The van der Waals surface area contributed by atoms with Crippen LogP contribution in [-0.4, -0.2) is 28.2 Å². The Kier molecular flexibility index (Phi) is 5.27. The van der Waals surface area contributed by atoms with Crippen LogP contribution in [0.2, 0.25) is 0 Å². The van der Waals surface area contributed by atoms with E-state index >= 15 is 0 Å². The molecule has 1 atom stereocenters. The number of ketones is 1. The van der Waals surface area contributed by atoms with Crippen LogP contribution in [-0.2, 0) is 16.0 Å². The van der Waals surface area contributed by atoms with Gasteiger partial charge < -0.3 is 14.4 Å². The normalized spacial score (nSPS) is 18.2. The number of aliphatic hydroxyl groups excluding tert-OH is 1. The second-order valence-corrected chi connectivity index (χ2v) is 7.54. The standard InChI is InChI=1S/C25H23NO4/c1-16-8-11-19(12-9-16)23(27)21-22(20-13-10-17(2)30-20)26(25(29)24(21)28)15-14-18-6-4-3-5-7-18/h3-13,22,27H,14-15H2,1-2H3/b23-21+. The number of aryl methyl sites for hydroxylation is 2. The third-order valence-electron chi connectivity index (χ3n) is 5.38. The van der Waals surface area contributed by atoms with E-state index in [2.05, 4.69) is 0 Å². The maximum atomic E-state index is 12.9. The molecule has 152 valence electrons. The maximum Gasteiger partial charge on any atom is 0.295 e. The molecule has 30 heavy (non-hydrogen) atoms. The smallest absolute Gasteiger partial charge is 0.295 e. The van der Waals surface area contributed by atoms with Gasteiger partial charge in [0.25, 0.3) is 11.7 Å². The number of nitrogens with zero attached hydrogens (tertiary/aromatic N) is 1. The molecule has 1 aromatic heterocycles. The number of rotatable bonds is 5. The molecule has 1 saturated heterocycles. The molecular formula is C25H23NO4. The summed E-state index contributed by atoms with van der Waals surface area (Å²) < 4.78 is 5.79. The van der Waals surface area contributed by atoms with Gasteiger partial charge in [-0.1, -0.05) is 60.2 Å². The number of amides is 1. The molecule has 0 radical (unpaired) electrons. The van der Waals surface area contributed by atoms with Gasteiger partial charge in [0, 0.05) is 12.1 Å². The summed E-state index contributed by atoms with van der Waals surface area (Å²) in [6, 6.07) is 19.7. The first-order chi connectivity index (χ1) is 14.5. The first kappa shape index (κ1) is 19.7. The summed E-state index contributed by atoms with van der Waals surface area (Å²) >= 11 is 0. The Labute approximate surface area is 175 Å². The van der Waals surface area contributed by atoms with E-state index in [0.29, 0.717) is 30.0 Å². The van der Waals surface area contributed by atoms with E-state index in [9.17, 15) is 14.7 Å². The quantitative estimate of drug-likeness (QED) is 0.386. The number of aliphatic hydroxyl groups is 1. The molecule has 1 amide bonds. The molecule has 0 aliphatic carbocycles. The number of hydrogen-bond donors (Lipinski definition) is 1. The van der Waals surface area contributed by atoms with Gasteiger partial charge in [-0.25, -0.2) is 0 Å². The number of hydrogen-bond acceptors (Lipinski definition) is 4. The predicted octanol–water partition coefficient (Wildman–Crippen LogP) is 4.56. The third kappa shape index (κ3) is 3.66. The summed E-state index contributed by atoms with van der Waals surface area (Å²) in [5, 5.41) is 11.0. The lowest BCUT2D eigenvalue weighted by Crippen LogP contribution is -2.31. The molecule has 2 heterocycles. The highest BCUT2D eigenvalue weighted by molar-refractivity contribution is 6.46. The zero-order valence-electron chi connectivity index (χ0n) is 17.0. The lowest BCUT2D eigenvalue weighted by Gasteiger charge is -2.23. The molecule has 0 bridgehead atoms. The van der Waals surface area contributed by atoms with Gasteiger partial charge >= 0.3 is 0 Å². The van der Waals surface area contributed by atoms with Gasteiger partial charge in [-0.2, -0.15) is 0 Å². The maximum absolute atomic E-state index is 12.9. The summed E-state index contributed by atoms with van der Waals surface area (Å²) in [5.41, 5.74) is 2.65. The van der Waals surface area contributed by atoms with E-state index in [4.69, 9.17) is 4.42 Å². The van der Waals surface area contributed by atoms with Gasteiger partial charge in [0.2, 0.25) is 0 Å². The summed E-state index contributed by atoms with van der Waals surface area (Å²) in [6.45, 7) is 4.08. The van der Waals surface area contributed by atoms with Gasteiger partial charge in [0.05, 0.1) is 5.57 Å². The number of carbonyl (C=O) groups is 2. The number of furan rings is 1. The zero-order chi connectivity index (χ0) is 21.3. The minimum absolute atomic E-state index is 0.0614. The van der Waals surface area contributed by atoms with Crippen molar-refractivity contribution in [2.75, 3.05) is 6.54 Å². The van der Waals surface area contributed by atoms with Gasteiger partial charge in [0.15, 0.2) is 0 Å². The van der Waals surface area contributed by atoms with Crippen molar-refractivity contribution in [1.82, 2.24) is 4.90 Å². The fourth-order valence-corrected chi connectivity index (χ4v) is 3.77. The SMILES string of the molecule is Cc1ccc(/C(O)=C2\C(=O)C(=O)N(CCc3ccccc3)C2c2ccc(C)o2)cc1. The Bertz CT molecular complexity index is 1110. The van der Waals surface area contributed by atoms with Crippen LogP contribution in [0.4, 0.5) is 0 Å². The molecule has 1 aliphatic heterocycles. The van der Waals surface area contributed by atoms with Crippen molar-refractivity contribution in [1.29, 1.82) is 0 Å². The molecular weight excluding hydrogens is 378 g/mol. The number of Topliss-reactive ketones (excluding diaryl/α,β-unsaturated/α-hetero) is 1. The van der Waals surface area contributed by atoms with Crippen molar-refractivity contribution in [2.24, 2.45) is 0 Å². The third-order valence-corrected chi connectivity index (χ3v) is 5.38. The highest BCUT2D eigenvalue weighted by Crippen LogP contribution is 2.40. The molecule has 1 aliphatic rings. The lowest BCUT2D eigenvalue weighted by atomic mass is 9.98. The fourth-order valence-electron chi connectivity index (χ4n) is 3.77. The minimum atomic E-state index is -0.760. The lowest BCUT2D eigenvalue weighted by molar-refractivity contribution is -0.140. The molecule has 2 aromatic carbocycles. The summed E-state index contributed by atoms with van der Waals surface area (Å²) in [5.74, 6) is -0.365. The summed E-state index contributed by atoms with van der Waals surface area (Å²) in [6.07, 6.45) is 0.592. The Morgan fingerprint density at radius 1 is 0.967 bits per heavy atom. The van der Waals surface area contributed by atoms with Gasteiger partial charge in [-0.3, -0.25) is 9.59 Å². The van der Waals surface area contributed by atoms with Crippen LogP contribution >= 0.6 is 0 Å². The van der Waals surface area contributed by atoms with Gasteiger partial charge in [-0.05, 0) is 38.0 Å². The van der Waals surface area contributed by atoms with Crippen molar-refractivity contribution in [3.63, 3.8) is 0 Å². The second kappa shape index (κ2) is 8.03. The molecule has 5 heteroatoms. The highest BCUT2D eigenvalue weighted by Gasteiger charge is 2.47. The Balaban J connectivity index is 1.76. The van der Waals surface area contributed by atoms with Gasteiger partial charge in [-0.15, -0.1) is 0 Å².